The molecule has 0 aliphatic heterocycles. The lowest BCUT2D eigenvalue weighted by atomic mass is 10.1. The maximum Gasteiger partial charge on any atom is 0.277 e. The normalized spacial score (nSPS) is 10.7. The van der Waals surface area contributed by atoms with Gasteiger partial charge in [0.2, 0.25) is 0 Å². The Morgan fingerprint density at radius 1 is 1.19 bits per heavy atom. The summed E-state index contributed by atoms with van der Waals surface area (Å²) in [7, 11) is 0. The number of rotatable bonds is 3. The van der Waals surface area contributed by atoms with Crippen LogP contribution >= 0.6 is 0 Å². The van der Waals surface area contributed by atoms with Crippen LogP contribution in [0.4, 0.5) is 5.82 Å². The number of aromatic nitrogens is 4. The molecule has 0 bridgehead atoms. The minimum atomic E-state index is -0.420. The van der Waals surface area contributed by atoms with Crippen molar-refractivity contribution in [2.45, 2.75) is 13.3 Å². The molecule has 0 saturated heterocycles. The highest BCUT2D eigenvalue weighted by molar-refractivity contribution is 6.10. The molecule has 2 aromatic heterocycles. The first kappa shape index (κ1) is 13.0. The number of nitrogens with zero attached hydrogens (tertiary/aromatic N) is 2. The van der Waals surface area contributed by atoms with E-state index in [1.54, 1.807) is 30.3 Å². The number of hydrogen-bond acceptors (Lipinski definition) is 4. The molecule has 21 heavy (non-hydrogen) atoms. The number of nitrogens with one attached hydrogen (secondary N) is 3. The zero-order valence-electron chi connectivity index (χ0n) is 11.3. The van der Waals surface area contributed by atoms with Crippen LogP contribution in [0.5, 0.6) is 0 Å². The second-order valence-corrected chi connectivity index (χ2v) is 4.53. The predicted molar refractivity (Wildman–Crippen MR) is 78.3 cm³/mol. The molecule has 1 amide bonds. The van der Waals surface area contributed by atoms with E-state index < -0.39 is 5.91 Å². The summed E-state index contributed by atoms with van der Waals surface area (Å²) in [5.41, 5.74) is 0.756. The Bertz CT molecular complexity index is 865. The van der Waals surface area contributed by atoms with Gasteiger partial charge in [-0.1, -0.05) is 25.1 Å². The van der Waals surface area contributed by atoms with Gasteiger partial charge in [0.15, 0.2) is 11.5 Å². The number of hydrogen-bond donors (Lipinski definition) is 3. The molecule has 7 heteroatoms. The molecule has 106 valence electrons. The van der Waals surface area contributed by atoms with Crippen LogP contribution < -0.4 is 10.9 Å². The Morgan fingerprint density at radius 3 is 2.67 bits per heavy atom. The molecule has 0 spiro atoms. The molecular formula is C14H13N5O2. The molecule has 0 unspecified atom stereocenters. The lowest BCUT2D eigenvalue weighted by Gasteiger charge is -2.04. The van der Waals surface area contributed by atoms with Crippen molar-refractivity contribution in [1.29, 1.82) is 0 Å². The average molecular weight is 283 g/mol. The van der Waals surface area contributed by atoms with E-state index in [1.807, 2.05) is 6.92 Å². The monoisotopic (exact) mass is 283 g/mol. The van der Waals surface area contributed by atoms with Crippen molar-refractivity contribution in [1.82, 2.24) is 20.4 Å². The molecule has 0 radical (unpaired) electrons. The Kier molecular flexibility index (Phi) is 3.23. The van der Waals surface area contributed by atoms with Gasteiger partial charge in [-0.2, -0.15) is 10.2 Å². The third-order valence-electron chi connectivity index (χ3n) is 3.16. The smallest absolute Gasteiger partial charge is 0.277 e. The van der Waals surface area contributed by atoms with Crippen LogP contribution in [-0.2, 0) is 6.42 Å². The van der Waals surface area contributed by atoms with Crippen molar-refractivity contribution >= 4 is 22.5 Å². The first-order valence-corrected chi connectivity index (χ1v) is 6.52. The Morgan fingerprint density at radius 2 is 1.95 bits per heavy atom. The van der Waals surface area contributed by atoms with Crippen molar-refractivity contribution in [3.05, 3.63) is 52.1 Å². The molecule has 0 fully saturated rings. The van der Waals surface area contributed by atoms with Crippen LogP contribution in [0, 0.1) is 0 Å². The number of carbonyl (C=O) groups is 1. The quantitative estimate of drug-likeness (QED) is 0.677. The van der Waals surface area contributed by atoms with E-state index in [1.165, 1.54) is 0 Å². The molecule has 0 atom stereocenters. The van der Waals surface area contributed by atoms with E-state index in [0.29, 0.717) is 16.6 Å². The van der Waals surface area contributed by atoms with E-state index in [-0.39, 0.29) is 11.3 Å². The summed E-state index contributed by atoms with van der Waals surface area (Å²) in [5.74, 6) is 0.00512. The number of benzene rings is 1. The van der Waals surface area contributed by atoms with E-state index in [0.717, 1.165) is 12.1 Å². The van der Waals surface area contributed by atoms with Gasteiger partial charge in [-0.25, -0.2) is 5.10 Å². The molecule has 2 heterocycles. The standard InChI is InChI=1S/C14H13N5O2/c1-2-8-7-11(17-16-8)15-14(21)12-9-5-3-4-6-10(9)13(20)19-18-12/h3-7H,2H2,1H3,(H,19,20)(H2,15,16,17,21). The first-order valence-electron chi connectivity index (χ1n) is 6.52. The molecular weight excluding hydrogens is 270 g/mol. The average Bonchev–Trinajstić information content (AvgIpc) is 2.95. The summed E-state index contributed by atoms with van der Waals surface area (Å²) in [6.07, 6.45) is 0.794. The fourth-order valence-corrected chi connectivity index (χ4v) is 2.07. The highest BCUT2D eigenvalue weighted by Gasteiger charge is 2.15. The number of carbonyl (C=O) groups excluding carboxylic acids is 1. The molecule has 1 aromatic carbocycles. The number of anilines is 1. The van der Waals surface area contributed by atoms with E-state index in [4.69, 9.17) is 0 Å². The van der Waals surface area contributed by atoms with Crippen LogP contribution in [-0.4, -0.2) is 26.3 Å². The zero-order chi connectivity index (χ0) is 14.8. The van der Waals surface area contributed by atoms with Gasteiger partial charge in [0.25, 0.3) is 11.5 Å². The molecule has 7 nitrogen and oxygen atoms in total. The fourth-order valence-electron chi connectivity index (χ4n) is 2.07. The zero-order valence-corrected chi connectivity index (χ0v) is 11.3. The second-order valence-electron chi connectivity index (χ2n) is 4.53. The Labute approximate surface area is 119 Å². The predicted octanol–water partition coefficient (Wildman–Crippen LogP) is 1.46. The highest BCUT2D eigenvalue weighted by Crippen LogP contribution is 2.14. The summed E-state index contributed by atoms with van der Waals surface area (Å²) in [6, 6.07) is 8.58. The van der Waals surface area contributed by atoms with Gasteiger partial charge in [0.1, 0.15) is 0 Å². The summed E-state index contributed by atoms with van der Waals surface area (Å²) in [4.78, 5) is 24.0. The van der Waals surface area contributed by atoms with Gasteiger partial charge in [-0.15, -0.1) is 0 Å². The minimum Gasteiger partial charge on any atom is -0.304 e. The molecule has 0 saturated carbocycles. The van der Waals surface area contributed by atoms with Crippen LogP contribution in [0.2, 0.25) is 0 Å². The summed E-state index contributed by atoms with van der Waals surface area (Å²) in [5, 5.41) is 16.6. The third-order valence-corrected chi connectivity index (χ3v) is 3.16. The summed E-state index contributed by atoms with van der Waals surface area (Å²) >= 11 is 0. The van der Waals surface area contributed by atoms with Crippen LogP contribution in [0.3, 0.4) is 0 Å². The van der Waals surface area contributed by atoms with Crippen molar-refractivity contribution in [3.8, 4) is 0 Å². The van der Waals surface area contributed by atoms with Crippen molar-refractivity contribution in [3.63, 3.8) is 0 Å². The first-order chi connectivity index (χ1) is 10.2. The van der Waals surface area contributed by atoms with E-state index in [2.05, 4.69) is 25.7 Å². The van der Waals surface area contributed by atoms with Gasteiger partial charge >= 0.3 is 0 Å². The molecule has 3 N–H and O–H groups in total. The minimum absolute atomic E-state index is 0.159. The SMILES string of the molecule is CCc1cc(NC(=O)c2n[nH]c(=O)c3ccccc23)n[nH]1. The number of fused-ring (bicyclic) bond motifs is 1. The Hall–Kier alpha value is -2.96. The molecule has 3 aromatic rings. The van der Waals surface area contributed by atoms with Crippen LogP contribution in [0.1, 0.15) is 23.1 Å². The maximum absolute atomic E-state index is 12.3. The topological polar surface area (TPSA) is 104 Å². The second kappa shape index (κ2) is 5.20. The molecule has 0 aliphatic rings. The largest absolute Gasteiger partial charge is 0.304 e. The fraction of sp³-hybridized carbons (Fsp3) is 0.143. The van der Waals surface area contributed by atoms with Crippen molar-refractivity contribution in [2.24, 2.45) is 0 Å². The lowest BCUT2D eigenvalue weighted by Crippen LogP contribution is -2.19. The van der Waals surface area contributed by atoms with Crippen LogP contribution in [0.25, 0.3) is 10.8 Å². The number of amides is 1. The van der Waals surface area contributed by atoms with E-state index >= 15 is 0 Å². The van der Waals surface area contributed by atoms with Gasteiger partial charge in [-0.05, 0) is 12.5 Å². The van der Waals surface area contributed by atoms with Crippen molar-refractivity contribution < 1.29 is 4.79 Å². The summed E-state index contributed by atoms with van der Waals surface area (Å²) in [6.45, 7) is 1.98. The third kappa shape index (κ3) is 2.40. The van der Waals surface area contributed by atoms with E-state index in [9.17, 15) is 9.59 Å². The highest BCUT2D eigenvalue weighted by atomic mass is 16.2. The van der Waals surface area contributed by atoms with Gasteiger partial charge in [0.05, 0.1) is 5.39 Å². The molecule has 0 aliphatic carbocycles. The lowest BCUT2D eigenvalue weighted by molar-refractivity contribution is 0.102. The Balaban J connectivity index is 1.98. The molecule has 3 rings (SSSR count). The maximum atomic E-state index is 12.3. The summed E-state index contributed by atoms with van der Waals surface area (Å²) < 4.78 is 0. The van der Waals surface area contributed by atoms with Crippen LogP contribution in [0.15, 0.2) is 35.1 Å². The number of aryl methyl sites for hydroxylation is 1. The van der Waals surface area contributed by atoms with Gasteiger partial charge in [0, 0.05) is 17.1 Å². The van der Waals surface area contributed by atoms with Gasteiger partial charge < -0.3 is 5.32 Å². The number of aromatic amines is 2. The number of H-pyrrole nitrogens is 2. The van der Waals surface area contributed by atoms with Gasteiger partial charge in [-0.3, -0.25) is 14.7 Å². The van der Waals surface area contributed by atoms with Crippen molar-refractivity contribution in [2.75, 3.05) is 5.32 Å².